The number of nitrogens with one attached hydrogen (secondary N) is 2. The maximum Gasteiger partial charge on any atom is 0.335 e. The highest BCUT2D eigenvalue weighted by atomic mass is 16.4. The molecule has 7 heteroatoms. The summed E-state index contributed by atoms with van der Waals surface area (Å²) < 4.78 is 0. The van der Waals surface area contributed by atoms with Gasteiger partial charge >= 0.3 is 5.97 Å². The molecule has 0 saturated carbocycles. The van der Waals surface area contributed by atoms with Gasteiger partial charge in [-0.1, -0.05) is 30.3 Å². The molecular formula is C24H25N5O2. The van der Waals surface area contributed by atoms with Crippen molar-refractivity contribution in [3.05, 3.63) is 71.5 Å². The minimum Gasteiger partial charge on any atom is -0.478 e. The van der Waals surface area contributed by atoms with Crippen LogP contribution < -0.4 is 0 Å². The average molecular weight is 415 g/mol. The van der Waals surface area contributed by atoms with Crippen LogP contribution >= 0.6 is 0 Å². The van der Waals surface area contributed by atoms with Crippen LogP contribution in [0.5, 0.6) is 0 Å². The Kier molecular flexibility index (Phi) is 5.26. The predicted molar refractivity (Wildman–Crippen MR) is 119 cm³/mol. The van der Waals surface area contributed by atoms with E-state index in [4.69, 9.17) is 0 Å². The van der Waals surface area contributed by atoms with Crippen molar-refractivity contribution in [2.45, 2.75) is 25.8 Å². The fourth-order valence-corrected chi connectivity index (χ4v) is 4.39. The Morgan fingerprint density at radius 2 is 1.84 bits per heavy atom. The molecule has 2 aromatic heterocycles. The number of hydrogen-bond acceptors (Lipinski definition) is 4. The summed E-state index contributed by atoms with van der Waals surface area (Å²) in [6.45, 7) is 2.89. The first-order chi connectivity index (χ1) is 15.1. The molecule has 158 valence electrons. The summed E-state index contributed by atoms with van der Waals surface area (Å²) >= 11 is 0. The molecule has 5 rings (SSSR count). The highest BCUT2D eigenvalue weighted by Crippen LogP contribution is 2.24. The lowest BCUT2D eigenvalue weighted by atomic mass is 9.90. The van der Waals surface area contributed by atoms with Gasteiger partial charge in [0.1, 0.15) is 5.82 Å². The van der Waals surface area contributed by atoms with Crippen LogP contribution in [0, 0.1) is 5.92 Å². The van der Waals surface area contributed by atoms with Crippen molar-refractivity contribution in [2.24, 2.45) is 5.92 Å². The summed E-state index contributed by atoms with van der Waals surface area (Å²) in [4.78, 5) is 20.2. The van der Waals surface area contributed by atoms with Crippen LogP contribution in [0.2, 0.25) is 0 Å². The Bertz CT molecular complexity index is 1190. The van der Waals surface area contributed by atoms with E-state index in [0.29, 0.717) is 5.82 Å². The second-order valence-electron chi connectivity index (χ2n) is 8.32. The van der Waals surface area contributed by atoms with Gasteiger partial charge in [-0.2, -0.15) is 0 Å². The van der Waals surface area contributed by atoms with Crippen LogP contribution in [0.1, 0.15) is 34.6 Å². The van der Waals surface area contributed by atoms with Crippen LogP contribution in [0.3, 0.4) is 0 Å². The van der Waals surface area contributed by atoms with Crippen molar-refractivity contribution in [3.63, 3.8) is 0 Å². The van der Waals surface area contributed by atoms with E-state index in [1.54, 1.807) is 18.2 Å². The molecule has 3 heterocycles. The first kappa shape index (κ1) is 19.5. The summed E-state index contributed by atoms with van der Waals surface area (Å²) in [5, 5.41) is 18.6. The molecule has 7 nitrogen and oxygen atoms in total. The van der Waals surface area contributed by atoms with Crippen LogP contribution in [0.4, 0.5) is 0 Å². The molecule has 0 amide bonds. The molecule has 2 aromatic carbocycles. The van der Waals surface area contributed by atoms with E-state index in [-0.39, 0.29) is 5.56 Å². The van der Waals surface area contributed by atoms with Gasteiger partial charge in [-0.05, 0) is 68.1 Å². The van der Waals surface area contributed by atoms with E-state index < -0.39 is 5.97 Å². The summed E-state index contributed by atoms with van der Waals surface area (Å²) in [6.07, 6.45) is 3.55. The van der Waals surface area contributed by atoms with E-state index in [9.17, 15) is 9.90 Å². The van der Waals surface area contributed by atoms with Crippen LogP contribution in [0.25, 0.3) is 22.4 Å². The lowest BCUT2D eigenvalue weighted by Crippen LogP contribution is -2.34. The van der Waals surface area contributed by atoms with Crippen LogP contribution in [0.15, 0.2) is 54.6 Å². The lowest BCUT2D eigenvalue weighted by molar-refractivity contribution is 0.0697. The van der Waals surface area contributed by atoms with E-state index in [2.05, 4.69) is 55.4 Å². The molecule has 1 aliphatic rings. The van der Waals surface area contributed by atoms with Crippen molar-refractivity contribution in [1.82, 2.24) is 25.1 Å². The zero-order valence-corrected chi connectivity index (χ0v) is 17.2. The van der Waals surface area contributed by atoms with Gasteiger partial charge in [0, 0.05) is 10.9 Å². The van der Waals surface area contributed by atoms with E-state index in [1.807, 2.05) is 6.07 Å². The molecule has 4 aromatic rings. The topological polar surface area (TPSA) is 97.9 Å². The number of carbonyl (C=O) groups is 1. The second kappa shape index (κ2) is 8.35. The number of aromatic carboxylic acids is 1. The molecule has 1 aliphatic heterocycles. The maximum atomic E-state index is 11.2. The summed E-state index contributed by atoms with van der Waals surface area (Å²) in [6, 6.07) is 17.7. The number of aromatic amines is 2. The molecule has 0 radical (unpaired) electrons. The summed E-state index contributed by atoms with van der Waals surface area (Å²) in [7, 11) is 0. The van der Waals surface area contributed by atoms with Gasteiger partial charge in [-0.15, -0.1) is 10.2 Å². The Balaban J connectivity index is 1.20. The second-order valence-corrected chi connectivity index (χ2v) is 8.32. The minimum atomic E-state index is -0.931. The van der Waals surface area contributed by atoms with Gasteiger partial charge in [-0.25, -0.2) is 4.79 Å². The number of H-pyrrole nitrogens is 2. The van der Waals surface area contributed by atoms with Crippen molar-refractivity contribution in [2.75, 3.05) is 13.1 Å². The minimum absolute atomic E-state index is 0.270. The summed E-state index contributed by atoms with van der Waals surface area (Å²) in [5.74, 6) is 1.33. The Morgan fingerprint density at radius 3 is 2.61 bits per heavy atom. The van der Waals surface area contributed by atoms with E-state index in [1.165, 1.54) is 18.4 Å². The number of aromatic nitrogens is 4. The molecule has 1 fully saturated rings. The number of nitrogens with zero attached hydrogens (tertiary/aromatic N) is 3. The molecule has 0 bridgehead atoms. The Labute approximate surface area is 180 Å². The quantitative estimate of drug-likeness (QED) is 0.440. The predicted octanol–water partition coefficient (Wildman–Crippen LogP) is 4.11. The molecule has 0 spiro atoms. The largest absolute Gasteiger partial charge is 0.478 e. The SMILES string of the molecule is O=C(O)c1ccc2[nH]c(-c3nnc(CN4CCC(Cc5ccccc5)CC4)[nH]3)cc2c1. The third-order valence-electron chi connectivity index (χ3n) is 6.10. The molecule has 0 unspecified atom stereocenters. The highest BCUT2D eigenvalue weighted by Gasteiger charge is 2.21. The number of piperidine rings is 1. The van der Waals surface area contributed by atoms with Crippen molar-refractivity contribution in [1.29, 1.82) is 0 Å². The van der Waals surface area contributed by atoms with Gasteiger partial charge in [0.25, 0.3) is 0 Å². The number of hydrogen-bond donors (Lipinski definition) is 3. The van der Waals surface area contributed by atoms with Crippen LogP contribution in [-0.4, -0.2) is 49.2 Å². The van der Waals surface area contributed by atoms with E-state index in [0.717, 1.165) is 54.4 Å². The zero-order chi connectivity index (χ0) is 21.2. The standard InChI is InChI=1S/C24H25N5O2/c30-24(31)18-6-7-20-19(13-18)14-21(25-20)23-26-22(27-28-23)15-29-10-8-17(9-11-29)12-16-4-2-1-3-5-16/h1-7,13-14,17,25H,8-12,15H2,(H,30,31)(H,26,27,28). The molecule has 0 atom stereocenters. The van der Waals surface area contributed by atoms with Gasteiger partial charge < -0.3 is 15.1 Å². The van der Waals surface area contributed by atoms with Crippen LogP contribution in [-0.2, 0) is 13.0 Å². The first-order valence-electron chi connectivity index (χ1n) is 10.7. The van der Waals surface area contributed by atoms with Gasteiger partial charge in [0.05, 0.1) is 17.8 Å². The number of carboxylic acids is 1. The first-order valence-corrected chi connectivity index (χ1v) is 10.7. The van der Waals surface area contributed by atoms with E-state index >= 15 is 0 Å². The average Bonchev–Trinajstić information content (AvgIpc) is 3.42. The van der Waals surface area contributed by atoms with Crippen molar-refractivity contribution < 1.29 is 9.90 Å². The van der Waals surface area contributed by atoms with Crippen molar-refractivity contribution in [3.8, 4) is 11.5 Å². The molecule has 0 aliphatic carbocycles. The molecule has 1 saturated heterocycles. The molecule has 31 heavy (non-hydrogen) atoms. The fraction of sp³-hybridized carbons (Fsp3) is 0.292. The number of benzene rings is 2. The van der Waals surface area contributed by atoms with Gasteiger partial charge in [0.2, 0.25) is 0 Å². The normalized spacial score (nSPS) is 15.5. The highest BCUT2D eigenvalue weighted by molar-refractivity contribution is 5.94. The monoisotopic (exact) mass is 415 g/mol. The smallest absolute Gasteiger partial charge is 0.335 e. The van der Waals surface area contributed by atoms with Gasteiger partial charge in [-0.3, -0.25) is 4.90 Å². The zero-order valence-electron chi connectivity index (χ0n) is 17.2. The number of rotatable bonds is 6. The lowest BCUT2D eigenvalue weighted by Gasteiger charge is -2.31. The number of fused-ring (bicyclic) bond motifs is 1. The molecular weight excluding hydrogens is 390 g/mol. The maximum absolute atomic E-state index is 11.2. The van der Waals surface area contributed by atoms with Gasteiger partial charge in [0.15, 0.2) is 5.82 Å². The van der Waals surface area contributed by atoms with Crippen molar-refractivity contribution >= 4 is 16.9 Å². The summed E-state index contributed by atoms with van der Waals surface area (Å²) in [5.41, 5.74) is 3.37. The number of likely N-dealkylation sites (tertiary alicyclic amines) is 1. The molecule has 3 N–H and O–H groups in total. The Morgan fingerprint density at radius 1 is 1.03 bits per heavy atom. The third kappa shape index (κ3) is 4.36. The Hall–Kier alpha value is -3.45. The fourth-order valence-electron chi connectivity index (χ4n) is 4.39. The third-order valence-corrected chi connectivity index (χ3v) is 6.10. The number of carboxylic acid groups (broad SMARTS) is 1.